The zero-order chi connectivity index (χ0) is 13.8. The Bertz CT molecular complexity index is 544. The van der Waals surface area contributed by atoms with Crippen LogP contribution in [0.3, 0.4) is 0 Å². The van der Waals surface area contributed by atoms with Gasteiger partial charge in [0.2, 0.25) is 0 Å². The molecular formula is C17H21NS. The third kappa shape index (κ3) is 4.12. The van der Waals surface area contributed by atoms with E-state index in [1.165, 1.54) is 26.5 Å². The third-order valence-corrected chi connectivity index (χ3v) is 4.11. The van der Waals surface area contributed by atoms with Gasteiger partial charge in [-0.1, -0.05) is 35.5 Å². The molecule has 0 saturated heterocycles. The van der Waals surface area contributed by atoms with Crippen molar-refractivity contribution >= 4 is 11.8 Å². The van der Waals surface area contributed by atoms with Crippen LogP contribution in [0.2, 0.25) is 0 Å². The molecular weight excluding hydrogens is 250 g/mol. The molecule has 1 unspecified atom stereocenters. The van der Waals surface area contributed by atoms with Gasteiger partial charge < -0.3 is 5.73 Å². The summed E-state index contributed by atoms with van der Waals surface area (Å²) in [5.74, 6) is 0. The lowest BCUT2D eigenvalue weighted by Crippen LogP contribution is -2.18. The molecule has 2 aromatic carbocycles. The second-order valence-corrected chi connectivity index (χ2v) is 6.33. The second kappa shape index (κ2) is 6.27. The van der Waals surface area contributed by atoms with Gasteiger partial charge in [-0.25, -0.2) is 0 Å². The van der Waals surface area contributed by atoms with Crippen molar-refractivity contribution in [3.63, 3.8) is 0 Å². The Hall–Kier alpha value is -1.25. The maximum absolute atomic E-state index is 5.86. The molecule has 2 aromatic rings. The lowest BCUT2D eigenvalue weighted by atomic mass is 10.0. The van der Waals surface area contributed by atoms with Gasteiger partial charge in [0, 0.05) is 15.8 Å². The number of nitrogens with two attached hydrogens (primary N) is 1. The van der Waals surface area contributed by atoms with Gasteiger partial charge in [0.15, 0.2) is 0 Å². The van der Waals surface area contributed by atoms with Crippen LogP contribution in [0.15, 0.2) is 52.3 Å². The van der Waals surface area contributed by atoms with Crippen molar-refractivity contribution in [3.05, 3.63) is 59.2 Å². The van der Waals surface area contributed by atoms with E-state index in [4.69, 9.17) is 5.73 Å². The molecule has 0 aromatic heterocycles. The van der Waals surface area contributed by atoms with Gasteiger partial charge in [0.05, 0.1) is 0 Å². The van der Waals surface area contributed by atoms with Gasteiger partial charge in [-0.05, 0) is 62.6 Å². The summed E-state index contributed by atoms with van der Waals surface area (Å²) >= 11 is 1.81. The first-order valence-electron chi connectivity index (χ1n) is 6.64. The highest BCUT2D eigenvalue weighted by molar-refractivity contribution is 7.99. The molecule has 0 aliphatic rings. The molecule has 0 amide bonds. The number of hydrogen-bond donors (Lipinski definition) is 1. The molecule has 0 heterocycles. The minimum Gasteiger partial charge on any atom is -0.328 e. The van der Waals surface area contributed by atoms with Crippen LogP contribution in [0.4, 0.5) is 0 Å². The number of aryl methyl sites for hydroxylation is 2. The molecule has 2 heteroatoms. The molecule has 0 bridgehead atoms. The highest BCUT2D eigenvalue weighted by Gasteiger charge is 2.04. The maximum atomic E-state index is 5.86. The lowest BCUT2D eigenvalue weighted by molar-refractivity contribution is 0.734. The minimum absolute atomic E-state index is 0.217. The van der Waals surface area contributed by atoms with E-state index in [1.807, 2.05) is 0 Å². The molecule has 0 aliphatic carbocycles. The molecule has 0 radical (unpaired) electrons. The van der Waals surface area contributed by atoms with Gasteiger partial charge >= 0.3 is 0 Å². The van der Waals surface area contributed by atoms with Crippen LogP contribution in [0.25, 0.3) is 0 Å². The summed E-state index contributed by atoms with van der Waals surface area (Å²) < 4.78 is 0. The standard InChI is InChI=1S/C17H21NS/c1-12-4-7-16(8-5-12)19-17-9-6-15(11-14(3)18)13(2)10-17/h4-10,14H,11,18H2,1-3H3. The molecule has 2 rings (SSSR count). The van der Waals surface area contributed by atoms with Crippen LogP contribution in [-0.4, -0.2) is 6.04 Å². The summed E-state index contributed by atoms with van der Waals surface area (Å²) in [4.78, 5) is 2.57. The van der Waals surface area contributed by atoms with Crippen molar-refractivity contribution in [3.8, 4) is 0 Å². The van der Waals surface area contributed by atoms with Gasteiger partial charge in [0.25, 0.3) is 0 Å². The molecule has 19 heavy (non-hydrogen) atoms. The van der Waals surface area contributed by atoms with E-state index < -0.39 is 0 Å². The lowest BCUT2D eigenvalue weighted by Gasteiger charge is -2.10. The highest BCUT2D eigenvalue weighted by Crippen LogP contribution is 2.29. The average molecular weight is 271 g/mol. The molecule has 0 spiro atoms. The van der Waals surface area contributed by atoms with Gasteiger partial charge in [-0.3, -0.25) is 0 Å². The fourth-order valence-electron chi connectivity index (χ4n) is 2.05. The molecule has 2 N–H and O–H groups in total. The fraction of sp³-hybridized carbons (Fsp3) is 0.294. The van der Waals surface area contributed by atoms with Crippen molar-refractivity contribution in [2.45, 2.75) is 43.0 Å². The van der Waals surface area contributed by atoms with Gasteiger partial charge in [0.1, 0.15) is 0 Å². The minimum atomic E-state index is 0.217. The largest absolute Gasteiger partial charge is 0.328 e. The van der Waals surface area contributed by atoms with Crippen molar-refractivity contribution in [1.29, 1.82) is 0 Å². The van der Waals surface area contributed by atoms with Crippen LogP contribution >= 0.6 is 11.8 Å². The van der Waals surface area contributed by atoms with E-state index in [-0.39, 0.29) is 6.04 Å². The number of benzene rings is 2. The van der Waals surface area contributed by atoms with Crippen LogP contribution in [0.1, 0.15) is 23.6 Å². The van der Waals surface area contributed by atoms with E-state index in [9.17, 15) is 0 Å². The molecule has 0 saturated carbocycles. The molecule has 100 valence electrons. The Balaban J connectivity index is 2.13. The summed E-state index contributed by atoms with van der Waals surface area (Å²) in [6.07, 6.45) is 0.946. The van der Waals surface area contributed by atoms with E-state index in [0.29, 0.717) is 0 Å². The smallest absolute Gasteiger partial charge is 0.0125 e. The summed E-state index contributed by atoms with van der Waals surface area (Å²) in [5.41, 5.74) is 9.84. The highest BCUT2D eigenvalue weighted by atomic mass is 32.2. The summed E-state index contributed by atoms with van der Waals surface area (Å²) in [6.45, 7) is 6.33. The van der Waals surface area contributed by atoms with Crippen LogP contribution < -0.4 is 5.73 Å². The van der Waals surface area contributed by atoms with Crippen LogP contribution in [-0.2, 0) is 6.42 Å². The topological polar surface area (TPSA) is 26.0 Å². The zero-order valence-electron chi connectivity index (χ0n) is 11.8. The summed E-state index contributed by atoms with van der Waals surface area (Å²) in [7, 11) is 0. The SMILES string of the molecule is Cc1ccc(Sc2ccc(CC(C)N)c(C)c2)cc1. The van der Waals surface area contributed by atoms with Crippen LogP contribution in [0.5, 0.6) is 0 Å². The number of rotatable bonds is 4. The van der Waals surface area contributed by atoms with Gasteiger partial charge in [-0.2, -0.15) is 0 Å². The molecule has 0 aliphatic heterocycles. The Morgan fingerprint density at radius 1 is 1.00 bits per heavy atom. The maximum Gasteiger partial charge on any atom is 0.0125 e. The van der Waals surface area contributed by atoms with Crippen LogP contribution in [0, 0.1) is 13.8 Å². The Morgan fingerprint density at radius 3 is 2.21 bits per heavy atom. The Kier molecular flexibility index (Phi) is 4.67. The summed E-state index contributed by atoms with van der Waals surface area (Å²) in [5, 5.41) is 0. The first-order chi connectivity index (χ1) is 9.04. The van der Waals surface area contributed by atoms with Crippen molar-refractivity contribution < 1.29 is 0 Å². The van der Waals surface area contributed by atoms with Crippen molar-refractivity contribution in [1.82, 2.24) is 0 Å². The Labute approximate surface area is 120 Å². The van der Waals surface area contributed by atoms with E-state index in [1.54, 1.807) is 11.8 Å². The fourth-order valence-corrected chi connectivity index (χ4v) is 2.97. The number of hydrogen-bond acceptors (Lipinski definition) is 2. The first-order valence-corrected chi connectivity index (χ1v) is 7.46. The van der Waals surface area contributed by atoms with Gasteiger partial charge in [-0.15, -0.1) is 0 Å². The third-order valence-electron chi connectivity index (χ3n) is 3.11. The molecule has 1 atom stereocenters. The van der Waals surface area contributed by atoms with Crippen molar-refractivity contribution in [2.75, 3.05) is 0 Å². The predicted molar refractivity (Wildman–Crippen MR) is 83.8 cm³/mol. The Morgan fingerprint density at radius 2 is 1.63 bits per heavy atom. The molecule has 1 nitrogen and oxygen atoms in total. The quantitative estimate of drug-likeness (QED) is 0.895. The van der Waals surface area contributed by atoms with Crippen molar-refractivity contribution in [2.24, 2.45) is 5.73 Å². The predicted octanol–water partition coefficient (Wildman–Crippen LogP) is 4.34. The first kappa shape index (κ1) is 14.2. The van der Waals surface area contributed by atoms with E-state index in [2.05, 4.69) is 63.2 Å². The monoisotopic (exact) mass is 271 g/mol. The zero-order valence-corrected chi connectivity index (χ0v) is 12.6. The average Bonchev–Trinajstić information content (AvgIpc) is 2.35. The van der Waals surface area contributed by atoms with E-state index in [0.717, 1.165) is 6.42 Å². The summed E-state index contributed by atoms with van der Waals surface area (Å²) in [6, 6.07) is 15.5. The second-order valence-electron chi connectivity index (χ2n) is 5.18. The van der Waals surface area contributed by atoms with E-state index >= 15 is 0 Å². The molecule has 0 fully saturated rings. The normalized spacial score (nSPS) is 12.4.